The van der Waals surface area contributed by atoms with E-state index < -0.39 is 11.0 Å². The van der Waals surface area contributed by atoms with E-state index in [1.807, 2.05) is 37.3 Å². The number of aromatic hydroxyl groups is 1. The molecule has 0 aromatic heterocycles. The number of carbonyl (C=O) groups is 1. The number of hydrogen-bond donors (Lipinski definition) is 2. The molecule has 0 saturated heterocycles. The van der Waals surface area contributed by atoms with Crippen LogP contribution in [0.3, 0.4) is 0 Å². The Hall–Kier alpha value is -3.41. The molecule has 0 unspecified atom stereocenters. The largest absolute Gasteiger partial charge is 0.508 e. The number of fused-ring (bicyclic) bond motifs is 1. The molecule has 0 heterocycles. The van der Waals surface area contributed by atoms with Crippen molar-refractivity contribution in [2.24, 2.45) is 0 Å². The summed E-state index contributed by atoms with van der Waals surface area (Å²) >= 11 is 0. The van der Waals surface area contributed by atoms with Crippen LogP contribution in [0.25, 0.3) is 10.8 Å². The first kappa shape index (κ1) is 18.4. The summed E-state index contributed by atoms with van der Waals surface area (Å²) in [6.45, 7) is 1.91. The number of phenolic OH excluding ortho intramolecular Hbond substituents is 1. The Bertz CT molecular complexity index is 983. The van der Waals surface area contributed by atoms with Gasteiger partial charge in [0.1, 0.15) is 5.75 Å². The van der Waals surface area contributed by atoms with Crippen LogP contribution in [0, 0.1) is 10.1 Å². The number of rotatable bonds is 6. The first-order chi connectivity index (χ1) is 13.0. The van der Waals surface area contributed by atoms with Crippen molar-refractivity contribution in [1.82, 2.24) is 5.32 Å². The fourth-order valence-corrected chi connectivity index (χ4v) is 3.16. The van der Waals surface area contributed by atoms with E-state index in [1.165, 1.54) is 12.1 Å². The molecule has 0 aliphatic heterocycles. The maximum Gasteiger partial charge on any atom is 0.269 e. The summed E-state index contributed by atoms with van der Waals surface area (Å²) in [4.78, 5) is 22.8. The number of nitro groups is 1. The summed E-state index contributed by atoms with van der Waals surface area (Å²) in [5.41, 5.74) is 1.21. The molecule has 0 spiro atoms. The fraction of sp³-hybridized carbons (Fsp3) is 0.190. The molecule has 1 atom stereocenters. The molecule has 0 aliphatic rings. The lowest BCUT2D eigenvalue weighted by atomic mass is 9.92. The van der Waals surface area contributed by atoms with Gasteiger partial charge in [0.25, 0.3) is 5.69 Å². The Kier molecular flexibility index (Phi) is 5.35. The molecule has 6 heteroatoms. The smallest absolute Gasteiger partial charge is 0.269 e. The van der Waals surface area contributed by atoms with Crippen LogP contribution in [0.2, 0.25) is 0 Å². The predicted octanol–water partition coefficient (Wildman–Crippen LogP) is 4.46. The third-order valence-corrected chi connectivity index (χ3v) is 4.46. The molecule has 3 aromatic rings. The highest BCUT2D eigenvalue weighted by atomic mass is 16.6. The van der Waals surface area contributed by atoms with Crippen molar-refractivity contribution in [3.63, 3.8) is 0 Å². The Morgan fingerprint density at radius 2 is 1.81 bits per heavy atom. The van der Waals surface area contributed by atoms with Crippen LogP contribution >= 0.6 is 0 Å². The van der Waals surface area contributed by atoms with Gasteiger partial charge < -0.3 is 10.4 Å². The van der Waals surface area contributed by atoms with Gasteiger partial charge in [0, 0.05) is 24.1 Å². The molecular weight excluding hydrogens is 344 g/mol. The number of carbonyl (C=O) groups excluding carboxylic acids is 1. The molecule has 138 valence electrons. The molecule has 27 heavy (non-hydrogen) atoms. The normalized spacial score (nSPS) is 11.9. The van der Waals surface area contributed by atoms with Crippen molar-refractivity contribution in [1.29, 1.82) is 0 Å². The van der Waals surface area contributed by atoms with Crippen LogP contribution in [0.5, 0.6) is 5.75 Å². The van der Waals surface area contributed by atoms with Gasteiger partial charge >= 0.3 is 0 Å². The van der Waals surface area contributed by atoms with Crippen molar-refractivity contribution >= 4 is 22.4 Å². The average Bonchev–Trinajstić information content (AvgIpc) is 2.67. The van der Waals surface area contributed by atoms with E-state index in [0.717, 1.165) is 10.8 Å². The summed E-state index contributed by atoms with van der Waals surface area (Å²) in [6.07, 6.45) is 1.05. The van der Waals surface area contributed by atoms with E-state index in [4.69, 9.17) is 0 Å². The maximum atomic E-state index is 12.3. The summed E-state index contributed by atoms with van der Waals surface area (Å²) in [5.74, 6) is -0.0814. The van der Waals surface area contributed by atoms with Crippen molar-refractivity contribution < 1.29 is 14.8 Å². The lowest BCUT2D eigenvalue weighted by molar-refractivity contribution is -0.384. The third kappa shape index (κ3) is 3.89. The zero-order valence-corrected chi connectivity index (χ0v) is 14.9. The summed E-state index contributed by atoms with van der Waals surface area (Å²) in [5, 5.41) is 26.2. The number of hydrogen-bond acceptors (Lipinski definition) is 4. The van der Waals surface area contributed by atoms with Crippen molar-refractivity contribution in [3.8, 4) is 5.75 Å². The van der Waals surface area contributed by atoms with Gasteiger partial charge in [-0.05, 0) is 41.0 Å². The van der Waals surface area contributed by atoms with Gasteiger partial charge in [0.15, 0.2) is 0 Å². The lowest BCUT2D eigenvalue weighted by Gasteiger charge is -2.22. The molecule has 6 nitrogen and oxygen atoms in total. The molecule has 0 fully saturated rings. The molecule has 0 radical (unpaired) electrons. The predicted molar refractivity (Wildman–Crippen MR) is 104 cm³/mol. The number of benzene rings is 3. The minimum atomic E-state index is -0.615. The highest BCUT2D eigenvalue weighted by Crippen LogP contribution is 2.36. The van der Waals surface area contributed by atoms with E-state index in [0.29, 0.717) is 24.0 Å². The van der Waals surface area contributed by atoms with Gasteiger partial charge in [-0.2, -0.15) is 0 Å². The van der Waals surface area contributed by atoms with E-state index >= 15 is 0 Å². The molecule has 1 amide bonds. The molecule has 0 aliphatic carbocycles. The summed E-state index contributed by atoms with van der Waals surface area (Å²) in [7, 11) is 0. The number of amides is 1. The third-order valence-electron chi connectivity index (χ3n) is 4.46. The van der Waals surface area contributed by atoms with Crippen LogP contribution in [0.15, 0.2) is 60.7 Å². The van der Waals surface area contributed by atoms with E-state index in [1.54, 1.807) is 18.2 Å². The average molecular weight is 364 g/mol. The van der Waals surface area contributed by atoms with E-state index in [2.05, 4.69) is 5.32 Å². The van der Waals surface area contributed by atoms with Crippen LogP contribution in [0.1, 0.15) is 36.9 Å². The quantitative estimate of drug-likeness (QED) is 0.499. The zero-order chi connectivity index (χ0) is 19.4. The van der Waals surface area contributed by atoms with Crippen molar-refractivity contribution in [2.75, 3.05) is 0 Å². The number of nitrogens with one attached hydrogen (secondary N) is 1. The standard InChI is InChI=1S/C21H20N2O4/c1-2-5-19(25)22-21(15-8-11-16(12-9-15)23(26)27)20-17-7-4-3-6-14(17)10-13-18(20)24/h3-4,6-13,21,24H,2,5H2,1H3,(H,22,25)/t21-/m1/s1. The number of nitrogens with zero attached hydrogens (tertiary/aromatic N) is 1. The number of nitro benzene ring substituents is 1. The molecule has 0 bridgehead atoms. The van der Waals surface area contributed by atoms with Crippen LogP contribution in [-0.2, 0) is 4.79 Å². The SMILES string of the molecule is CCCC(=O)N[C@H](c1ccc([N+](=O)[O-])cc1)c1c(O)ccc2ccccc12. The van der Waals surface area contributed by atoms with E-state index in [9.17, 15) is 20.0 Å². The monoisotopic (exact) mass is 364 g/mol. The van der Waals surface area contributed by atoms with Crippen LogP contribution in [-0.4, -0.2) is 15.9 Å². The highest BCUT2D eigenvalue weighted by molar-refractivity contribution is 5.89. The number of phenols is 1. The molecule has 3 rings (SSSR count). The Morgan fingerprint density at radius 3 is 2.48 bits per heavy atom. The van der Waals surface area contributed by atoms with Gasteiger partial charge in [-0.25, -0.2) is 0 Å². The minimum Gasteiger partial charge on any atom is -0.508 e. The second kappa shape index (κ2) is 7.86. The van der Waals surface area contributed by atoms with Crippen molar-refractivity contribution in [3.05, 3.63) is 81.9 Å². The van der Waals surface area contributed by atoms with Gasteiger partial charge in [-0.3, -0.25) is 14.9 Å². The second-order valence-corrected chi connectivity index (χ2v) is 6.32. The first-order valence-corrected chi connectivity index (χ1v) is 8.75. The molecule has 3 aromatic carbocycles. The first-order valence-electron chi connectivity index (χ1n) is 8.75. The molecular formula is C21H20N2O4. The lowest BCUT2D eigenvalue weighted by Crippen LogP contribution is -2.29. The highest BCUT2D eigenvalue weighted by Gasteiger charge is 2.23. The molecule has 2 N–H and O–H groups in total. The van der Waals surface area contributed by atoms with Gasteiger partial charge in [0.05, 0.1) is 11.0 Å². The maximum absolute atomic E-state index is 12.3. The summed E-state index contributed by atoms with van der Waals surface area (Å²) < 4.78 is 0. The topological polar surface area (TPSA) is 92.5 Å². The minimum absolute atomic E-state index is 0.0282. The van der Waals surface area contributed by atoms with Crippen molar-refractivity contribution in [2.45, 2.75) is 25.8 Å². The van der Waals surface area contributed by atoms with Crippen LogP contribution < -0.4 is 5.32 Å². The Balaban J connectivity index is 2.14. The Morgan fingerprint density at radius 1 is 1.11 bits per heavy atom. The van der Waals surface area contributed by atoms with Gasteiger partial charge in [0.2, 0.25) is 5.91 Å². The van der Waals surface area contributed by atoms with E-state index in [-0.39, 0.29) is 17.3 Å². The molecule has 0 saturated carbocycles. The van der Waals surface area contributed by atoms with Gasteiger partial charge in [-0.15, -0.1) is 0 Å². The van der Waals surface area contributed by atoms with Crippen LogP contribution in [0.4, 0.5) is 5.69 Å². The Labute approximate surface area is 156 Å². The fourth-order valence-electron chi connectivity index (χ4n) is 3.16. The van der Waals surface area contributed by atoms with Gasteiger partial charge in [-0.1, -0.05) is 37.3 Å². The summed E-state index contributed by atoms with van der Waals surface area (Å²) in [6, 6.07) is 16.4. The second-order valence-electron chi connectivity index (χ2n) is 6.32. The number of non-ortho nitro benzene ring substituents is 1. The zero-order valence-electron chi connectivity index (χ0n) is 14.9.